The number of aryl methyl sites for hydroxylation is 1. The minimum absolute atomic E-state index is 0.103. The molecule has 0 spiro atoms. The van der Waals surface area contributed by atoms with Crippen LogP contribution in [0.2, 0.25) is 5.02 Å². The Morgan fingerprint density at radius 2 is 1.84 bits per heavy atom. The van der Waals surface area contributed by atoms with Crippen molar-refractivity contribution in [3.63, 3.8) is 0 Å². The number of amides is 1. The summed E-state index contributed by atoms with van der Waals surface area (Å²) in [5.74, 6) is 0.641. The molecule has 2 aromatic carbocycles. The molecule has 168 valence electrons. The first kappa shape index (κ1) is 23.8. The molecule has 3 rings (SSSR count). The van der Waals surface area contributed by atoms with Crippen molar-refractivity contribution in [1.82, 2.24) is 10.2 Å². The molecule has 1 amide bonds. The number of nitrogens with one attached hydrogen (secondary N) is 1. The Labute approximate surface area is 191 Å². The third kappa shape index (κ3) is 6.09. The number of benzene rings is 2. The predicted octanol–water partition coefficient (Wildman–Crippen LogP) is 5.17. The van der Waals surface area contributed by atoms with Gasteiger partial charge in [0.2, 0.25) is 0 Å². The van der Waals surface area contributed by atoms with Crippen molar-refractivity contribution in [1.29, 1.82) is 0 Å². The molecule has 1 aliphatic carbocycles. The molecule has 31 heavy (non-hydrogen) atoms. The lowest BCUT2D eigenvalue weighted by atomic mass is 9.79. The van der Waals surface area contributed by atoms with Gasteiger partial charge < -0.3 is 15.3 Å². The van der Waals surface area contributed by atoms with Crippen molar-refractivity contribution in [2.45, 2.75) is 64.0 Å². The van der Waals surface area contributed by atoms with E-state index in [1.54, 1.807) is 12.1 Å². The number of aliphatic hydroxyl groups is 1. The average Bonchev–Trinajstić information content (AvgIpc) is 2.79. The van der Waals surface area contributed by atoms with Gasteiger partial charge in [-0.1, -0.05) is 29.8 Å². The smallest absolute Gasteiger partial charge is 0.254 e. The van der Waals surface area contributed by atoms with E-state index in [1.165, 1.54) is 16.7 Å². The van der Waals surface area contributed by atoms with E-state index in [2.05, 4.69) is 30.4 Å². The summed E-state index contributed by atoms with van der Waals surface area (Å²) in [4.78, 5) is 15.1. The zero-order valence-corrected chi connectivity index (χ0v) is 19.5. The average molecular weight is 443 g/mol. The van der Waals surface area contributed by atoms with E-state index in [4.69, 9.17) is 16.7 Å². The number of aliphatic hydroxyl groups excluding tert-OH is 1. The first-order valence-corrected chi connectivity index (χ1v) is 11.9. The van der Waals surface area contributed by atoms with E-state index < -0.39 is 0 Å². The summed E-state index contributed by atoms with van der Waals surface area (Å²) in [5.41, 5.74) is 4.81. The quantitative estimate of drug-likeness (QED) is 0.563. The first-order valence-electron chi connectivity index (χ1n) is 11.5. The van der Waals surface area contributed by atoms with Crippen molar-refractivity contribution in [2.24, 2.45) is 0 Å². The summed E-state index contributed by atoms with van der Waals surface area (Å²) < 4.78 is 0. The Morgan fingerprint density at radius 3 is 2.45 bits per heavy atom. The summed E-state index contributed by atoms with van der Waals surface area (Å²) in [7, 11) is 1.99. The van der Waals surface area contributed by atoms with E-state index >= 15 is 0 Å². The van der Waals surface area contributed by atoms with Gasteiger partial charge in [0.1, 0.15) is 0 Å². The zero-order valence-electron chi connectivity index (χ0n) is 18.7. The van der Waals surface area contributed by atoms with Gasteiger partial charge in [0.05, 0.1) is 0 Å². The van der Waals surface area contributed by atoms with Crippen molar-refractivity contribution >= 4 is 17.5 Å². The lowest BCUT2D eigenvalue weighted by Gasteiger charge is -2.37. The summed E-state index contributed by atoms with van der Waals surface area (Å²) in [6, 6.07) is 14.3. The molecule has 0 aromatic heterocycles. The highest BCUT2D eigenvalue weighted by molar-refractivity contribution is 6.30. The maximum absolute atomic E-state index is 13.1. The molecule has 2 aromatic rings. The molecular weight excluding hydrogens is 408 g/mol. The van der Waals surface area contributed by atoms with Crippen LogP contribution in [0.5, 0.6) is 0 Å². The summed E-state index contributed by atoms with van der Waals surface area (Å²) in [6.07, 6.45) is 5.98. The maximum Gasteiger partial charge on any atom is 0.254 e. The lowest BCUT2D eigenvalue weighted by molar-refractivity contribution is 0.0640. The minimum Gasteiger partial charge on any atom is -0.396 e. The van der Waals surface area contributed by atoms with Gasteiger partial charge >= 0.3 is 0 Å². The highest BCUT2D eigenvalue weighted by Crippen LogP contribution is 2.37. The number of nitrogens with zero attached hydrogens (tertiary/aromatic N) is 1. The fraction of sp³-hybridized carbons (Fsp3) is 0.500. The number of carbonyl (C=O) groups excluding carboxylic acids is 1. The molecule has 0 atom stereocenters. The Bertz CT molecular complexity index is 845. The zero-order chi connectivity index (χ0) is 22.2. The molecule has 1 fully saturated rings. The second-order valence-electron chi connectivity index (χ2n) is 8.49. The second-order valence-corrected chi connectivity index (χ2v) is 8.93. The number of halogens is 1. The second kappa shape index (κ2) is 11.7. The highest BCUT2D eigenvalue weighted by Gasteiger charge is 2.30. The van der Waals surface area contributed by atoms with E-state index in [0.717, 1.165) is 51.6 Å². The normalized spacial score (nSPS) is 18.7. The fourth-order valence-corrected chi connectivity index (χ4v) is 4.99. The van der Waals surface area contributed by atoms with Crippen LogP contribution in [0.1, 0.15) is 72.0 Å². The first-order chi connectivity index (χ1) is 15.1. The molecule has 0 bridgehead atoms. The molecule has 1 aliphatic rings. The van der Waals surface area contributed by atoms with Crippen LogP contribution in [0.15, 0.2) is 42.5 Å². The Morgan fingerprint density at radius 1 is 1.13 bits per heavy atom. The number of hydrogen-bond donors (Lipinski definition) is 2. The standard InChI is InChI=1S/C26H35ClN2O2/c1-3-29(26(31)21-7-11-23(27)12-8-21)24-13-9-20(10-14-24)25-15-6-19(5-4-16-30)17-22(25)18-28-2/h6-8,11-12,15,17,20,24,28,30H,3-5,9-10,13-14,16,18H2,1-2H3/t20-,24-. The molecule has 0 heterocycles. The number of rotatable bonds is 9. The SMILES string of the molecule is CCN(C(=O)c1ccc(Cl)cc1)[C@H]1CC[C@H](c2ccc(CCCO)cc2CNC)CC1. The Balaban J connectivity index is 1.67. The van der Waals surface area contributed by atoms with Gasteiger partial charge in [-0.25, -0.2) is 0 Å². The van der Waals surface area contributed by atoms with Gasteiger partial charge in [-0.05, 0) is 99.4 Å². The van der Waals surface area contributed by atoms with E-state index in [1.807, 2.05) is 24.1 Å². The Kier molecular flexibility index (Phi) is 8.94. The molecule has 0 radical (unpaired) electrons. The Hall–Kier alpha value is -1.88. The van der Waals surface area contributed by atoms with Gasteiger partial charge in [-0.2, -0.15) is 0 Å². The molecule has 4 nitrogen and oxygen atoms in total. The van der Waals surface area contributed by atoms with Crippen LogP contribution in [0.4, 0.5) is 0 Å². The largest absolute Gasteiger partial charge is 0.396 e. The van der Waals surface area contributed by atoms with Crippen molar-refractivity contribution in [2.75, 3.05) is 20.2 Å². The molecule has 0 saturated heterocycles. The molecular formula is C26H35ClN2O2. The summed E-state index contributed by atoms with van der Waals surface area (Å²) >= 11 is 5.98. The molecule has 0 unspecified atom stereocenters. The monoisotopic (exact) mass is 442 g/mol. The van der Waals surface area contributed by atoms with Crippen LogP contribution in [0.25, 0.3) is 0 Å². The van der Waals surface area contributed by atoms with E-state index in [-0.39, 0.29) is 12.5 Å². The minimum atomic E-state index is 0.103. The van der Waals surface area contributed by atoms with Crippen molar-refractivity contribution in [3.8, 4) is 0 Å². The van der Waals surface area contributed by atoms with E-state index in [0.29, 0.717) is 22.5 Å². The van der Waals surface area contributed by atoms with Crippen LogP contribution in [0.3, 0.4) is 0 Å². The lowest BCUT2D eigenvalue weighted by Crippen LogP contribution is -2.42. The van der Waals surface area contributed by atoms with Crippen LogP contribution < -0.4 is 5.32 Å². The molecule has 2 N–H and O–H groups in total. The topological polar surface area (TPSA) is 52.6 Å². The van der Waals surface area contributed by atoms with E-state index in [9.17, 15) is 4.79 Å². The highest BCUT2D eigenvalue weighted by atomic mass is 35.5. The predicted molar refractivity (Wildman–Crippen MR) is 128 cm³/mol. The van der Waals surface area contributed by atoms with Gasteiger partial charge in [-0.3, -0.25) is 4.79 Å². The maximum atomic E-state index is 13.1. The van der Waals surface area contributed by atoms with Crippen LogP contribution in [-0.4, -0.2) is 42.2 Å². The van der Waals surface area contributed by atoms with Crippen LogP contribution in [0, 0.1) is 0 Å². The molecule has 5 heteroatoms. The fourth-order valence-electron chi connectivity index (χ4n) is 4.86. The number of hydrogen-bond acceptors (Lipinski definition) is 3. The van der Waals surface area contributed by atoms with Gasteiger partial charge in [0.15, 0.2) is 0 Å². The van der Waals surface area contributed by atoms with Crippen LogP contribution in [-0.2, 0) is 13.0 Å². The number of carbonyl (C=O) groups is 1. The third-order valence-electron chi connectivity index (χ3n) is 6.47. The molecule has 1 saturated carbocycles. The van der Waals surface area contributed by atoms with Crippen molar-refractivity contribution in [3.05, 3.63) is 69.7 Å². The van der Waals surface area contributed by atoms with Gasteiger partial charge in [0, 0.05) is 36.3 Å². The van der Waals surface area contributed by atoms with Gasteiger partial charge in [0.25, 0.3) is 5.91 Å². The summed E-state index contributed by atoms with van der Waals surface area (Å²) in [5, 5.41) is 13.1. The van der Waals surface area contributed by atoms with Crippen molar-refractivity contribution < 1.29 is 9.90 Å². The third-order valence-corrected chi connectivity index (χ3v) is 6.72. The van der Waals surface area contributed by atoms with Crippen LogP contribution >= 0.6 is 11.6 Å². The van der Waals surface area contributed by atoms with Gasteiger partial charge in [-0.15, -0.1) is 0 Å². The molecule has 0 aliphatic heterocycles. The summed E-state index contributed by atoms with van der Waals surface area (Å²) in [6.45, 7) is 3.88.